The van der Waals surface area contributed by atoms with Crippen LogP contribution in [0.1, 0.15) is 62.0 Å². The van der Waals surface area contributed by atoms with Crippen LogP contribution in [0, 0.1) is 5.82 Å². The van der Waals surface area contributed by atoms with Gasteiger partial charge in [-0.05, 0) is 56.5 Å². The second-order valence-corrected chi connectivity index (χ2v) is 11.9. The maximum atomic E-state index is 13.8. The Kier molecular flexibility index (Phi) is 6.99. The molecule has 1 spiro atoms. The molecule has 210 valence electrons. The van der Waals surface area contributed by atoms with Gasteiger partial charge in [0, 0.05) is 24.7 Å². The van der Waals surface area contributed by atoms with Crippen molar-refractivity contribution in [3.05, 3.63) is 71.7 Å². The molecule has 1 aliphatic heterocycles. The predicted molar refractivity (Wildman–Crippen MR) is 138 cm³/mol. The normalized spacial score (nSPS) is 25.6. The first-order valence-electron chi connectivity index (χ1n) is 13.3. The van der Waals surface area contributed by atoms with Crippen molar-refractivity contribution < 1.29 is 31.5 Å². The lowest BCUT2D eigenvalue weighted by atomic mass is 9.78. The first kappa shape index (κ1) is 27.6. The van der Waals surface area contributed by atoms with Gasteiger partial charge < -0.3 is 14.0 Å². The lowest BCUT2D eigenvalue weighted by Crippen LogP contribution is -2.49. The quantitative estimate of drug-likeness (QED) is 0.276. The number of benzene rings is 1. The maximum absolute atomic E-state index is 13.8. The third-order valence-electron chi connectivity index (χ3n) is 7.96. The van der Waals surface area contributed by atoms with Crippen molar-refractivity contribution in [1.29, 1.82) is 0 Å². The molecule has 1 aromatic carbocycles. The van der Waals surface area contributed by atoms with Crippen LogP contribution in [-0.4, -0.2) is 64.5 Å². The van der Waals surface area contributed by atoms with E-state index in [4.69, 9.17) is 14.5 Å². The molecule has 1 saturated heterocycles. The minimum Gasteiger partial charge on any atom is -0.489 e. The highest BCUT2D eigenvalue weighted by molar-refractivity contribution is 5.40. The molecule has 1 aliphatic carbocycles. The summed E-state index contributed by atoms with van der Waals surface area (Å²) in [5.41, 5.74) is 1.10. The smallest absolute Gasteiger partial charge is 0.450 e. The van der Waals surface area contributed by atoms with Gasteiger partial charge in [0.25, 0.3) is 0 Å². The van der Waals surface area contributed by atoms with E-state index in [0.29, 0.717) is 24.5 Å². The van der Waals surface area contributed by atoms with E-state index in [2.05, 4.69) is 26.1 Å². The van der Waals surface area contributed by atoms with Crippen molar-refractivity contribution in [3.63, 3.8) is 0 Å². The second kappa shape index (κ2) is 9.89. The molecule has 0 unspecified atom stereocenters. The number of rotatable bonds is 6. The van der Waals surface area contributed by atoms with Crippen LogP contribution in [0.3, 0.4) is 0 Å². The highest BCUT2D eigenvalue weighted by Crippen LogP contribution is 2.56. The highest BCUT2D eigenvalue weighted by atomic mass is 19.4. The van der Waals surface area contributed by atoms with Crippen LogP contribution < -0.4 is 4.74 Å². The first-order valence-corrected chi connectivity index (χ1v) is 13.3. The molecule has 0 N–H and O–H groups in total. The maximum Gasteiger partial charge on any atom is 0.450 e. The third kappa shape index (κ3) is 5.28. The number of alkyl halides is 3. The van der Waals surface area contributed by atoms with Crippen molar-refractivity contribution in [2.45, 2.75) is 68.9 Å². The van der Waals surface area contributed by atoms with Crippen LogP contribution in [0.15, 0.2) is 48.8 Å². The Bertz CT molecular complexity index is 1320. The van der Waals surface area contributed by atoms with Crippen LogP contribution in [0.2, 0.25) is 0 Å². The number of hydrogen-bond donors (Lipinski definition) is 0. The fourth-order valence-corrected chi connectivity index (χ4v) is 6.39. The number of likely N-dealkylation sites (N-methyl/N-ethyl adjacent to an activating group) is 1. The van der Waals surface area contributed by atoms with Crippen LogP contribution in [0.4, 0.5) is 17.6 Å². The van der Waals surface area contributed by atoms with E-state index in [9.17, 15) is 17.6 Å². The Morgan fingerprint density at radius 2 is 1.82 bits per heavy atom. The zero-order chi connectivity index (χ0) is 28.2. The SMILES string of the molecule is CC(C)Oc1ccc(-n2ccnc2C(F)(F)F)nc1[C@H]1CO[C@]2(CC[C@H]([N+](C)(C)C)[C@@H]2c2ccc(F)cc2)C1. The Balaban J connectivity index is 1.54. The first-order chi connectivity index (χ1) is 18.3. The van der Waals surface area contributed by atoms with E-state index in [-0.39, 0.29) is 35.6 Å². The Labute approximate surface area is 226 Å². The van der Waals surface area contributed by atoms with Crippen LogP contribution in [0.25, 0.3) is 5.82 Å². The molecular formula is C29H35F4N4O2+. The number of halogens is 4. The molecule has 6 nitrogen and oxygen atoms in total. The van der Waals surface area contributed by atoms with Gasteiger partial charge in [-0.15, -0.1) is 0 Å². The number of hydrogen-bond acceptors (Lipinski definition) is 4. The van der Waals surface area contributed by atoms with Crippen LogP contribution in [-0.2, 0) is 10.9 Å². The zero-order valence-electron chi connectivity index (χ0n) is 22.9. The Hall–Kier alpha value is -2.98. The topological polar surface area (TPSA) is 49.2 Å². The van der Waals surface area contributed by atoms with E-state index in [1.54, 1.807) is 6.07 Å². The lowest BCUT2D eigenvalue weighted by molar-refractivity contribution is -0.897. The summed E-state index contributed by atoms with van der Waals surface area (Å²) in [4.78, 5) is 8.23. The molecular weight excluding hydrogens is 512 g/mol. The van der Waals surface area contributed by atoms with Gasteiger partial charge >= 0.3 is 6.18 Å². The number of ether oxygens (including phenoxy) is 2. The standard InChI is InChI=1S/C29H35F4N4O2/c1-18(2)39-23-10-11-24(36-15-14-34-27(36)29(31,32)33)35-26(23)20-16-28(38-17-20)13-12-22(37(3,4)5)25(28)19-6-8-21(30)9-7-19/h6-11,14-15,18,20,22,25H,12-13,16-17H2,1-5H3/q+1/t20-,22+,25+,28-/m1/s1. The summed E-state index contributed by atoms with van der Waals surface area (Å²) in [7, 11) is 6.49. The van der Waals surface area contributed by atoms with Crippen molar-refractivity contribution >= 4 is 0 Å². The minimum atomic E-state index is -4.62. The van der Waals surface area contributed by atoms with E-state index >= 15 is 0 Å². The van der Waals surface area contributed by atoms with Crippen molar-refractivity contribution in [2.75, 3.05) is 27.7 Å². The minimum absolute atomic E-state index is 0.0197. The molecule has 0 bridgehead atoms. The molecule has 0 radical (unpaired) electrons. The largest absolute Gasteiger partial charge is 0.489 e. The molecule has 3 heterocycles. The third-order valence-corrected chi connectivity index (χ3v) is 7.96. The van der Waals surface area contributed by atoms with E-state index in [0.717, 1.165) is 33.7 Å². The summed E-state index contributed by atoms with van der Waals surface area (Å²) in [6.45, 7) is 4.16. The number of imidazole rings is 1. The molecule has 4 atom stereocenters. The highest BCUT2D eigenvalue weighted by Gasteiger charge is 2.58. The van der Waals surface area contributed by atoms with Gasteiger partial charge in [-0.1, -0.05) is 12.1 Å². The molecule has 10 heteroatoms. The number of quaternary nitrogens is 1. The average molecular weight is 548 g/mol. The molecule has 2 aliphatic rings. The van der Waals surface area contributed by atoms with Crippen molar-refractivity contribution in [3.8, 4) is 11.6 Å². The van der Waals surface area contributed by atoms with Crippen molar-refractivity contribution in [2.24, 2.45) is 0 Å². The predicted octanol–water partition coefficient (Wildman–Crippen LogP) is 6.11. The van der Waals surface area contributed by atoms with Crippen LogP contribution in [0.5, 0.6) is 5.75 Å². The molecule has 0 amide bonds. The lowest BCUT2D eigenvalue weighted by Gasteiger charge is -2.40. The van der Waals surface area contributed by atoms with E-state index < -0.39 is 17.6 Å². The summed E-state index contributed by atoms with van der Waals surface area (Å²) in [6, 6.07) is 10.1. The zero-order valence-corrected chi connectivity index (χ0v) is 22.9. The number of aromatic nitrogens is 3. The molecule has 2 fully saturated rings. The van der Waals surface area contributed by atoms with Gasteiger partial charge in [0.2, 0.25) is 5.82 Å². The Morgan fingerprint density at radius 1 is 1.10 bits per heavy atom. The second-order valence-electron chi connectivity index (χ2n) is 11.9. The van der Waals surface area contributed by atoms with Gasteiger partial charge in [-0.2, -0.15) is 13.2 Å². The van der Waals surface area contributed by atoms with E-state index in [1.807, 2.05) is 26.0 Å². The molecule has 1 saturated carbocycles. The fourth-order valence-electron chi connectivity index (χ4n) is 6.39. The summed E-state index contributed by atoms with van der Waals surface area (Å²) in [6.07, 6.45) is 0.00666. The van der Waals surface area contributed by atoms with Gasteiger partial charge in [-0.3, -0.25) is 4.57 Å². The molecule has 5 rings (SSSR count). The number of pyridine rings is 1. The molecule has 2 aromatic heterocycles. The van der Waals surface area contributed by atoms with Gasteiger partial charge in [0.05, 0.1) is 57.1 Å². The van der Waals surface area contributed by atoms with Crippen molar-refractivity contribution in [1.82, 2.24) is 14.5 Å². The number of nitrogens with zero attached hydrogens (tertiary/aromatic N) is 4. The Morgan fingerprint density at radius 3 is 2.46 bits per heavy atom. The fraction of sp³-hybridized carbons (Fsp3) is 0.517. The summed E-state index contributed by atoms with van der Waals surface area (Å²) >= 11 is 0. The van der Waals surface area contributed by atoms with Gasteiger partial charge in [0.15, 0.2) is 0 Å². The van der Waals surface area contributed by atoms with Gasteiger partial charge in [-0.25, -0.2) is 14.4 Å². The molecule has 39 heavy (non-hydrogen) atoms. The summed E-state index contributed by atoms with van der Waals surface area (Å²) in [5, 5.41) is 0. The summed E-state index contributed by atoms with van der Waals surface area (Å²) in [5.74, 6) is -0.829. The monoisotopic (exact) mass is 547 g/mol. The van der Waals surface area contributed by atoms with Crippen LogP contribution >= 0.6 is 0 Å². The van der Waals surface area contributed by atoms with Gasteiger partial charge in [0.1, 0.15) is 17.4 Å². The molecule has 3 aromatic rings. The average Bonchev–Trinajstić information content (AvgIpc) is 3.58. The summed E-state index contributed by atoms with van der Waals surface area (Å²) < 4.78 is 69.0. The van der Waals surface area contributed by atoms with E-state index in [1.165, 1.54) is 24.4 Å².